The van der Waals surface area contributed by atoms with Crippen LogP contribution in [0.15, 0.2) is 23.1 Å². The molecule has 9 heteroatoms. The number of quaternary nitrogens is 1. The third kappa shape index (κ3) is 3.74. The molecule has 3 rings (SSSR count). The van der Waals surface area contributed by atoms with Gasteiger partial charge < -0.3 is 10.2 Å². The van der Waals surface area contributed by atoms with Gasteiger partial charge >= 0.3 is 6.03 Å². The van der Waals surface area contributed by atoms with Gasteiger partial charge in [0, 0.05) is 13.1 Å². The summed E-state index contributed by atoms with van der Waals surface area (Å²) in [5, 5.41) is 2.61. The van der Waals surface area contributed by atoms with E-state index in [1.807, 2.05) is 19.1 Å². The normalized spacial score (nSPS) is 19.6. The van der Waals surface area contributed by atoms with E-state index in [1.54, 1.807) is 13.0 Å². The zero-order valence-electron chi connectivity index (χ0n) is 15.1. The number of hydrogen-bond acceptors (Lipinski definition) is 4. The third-order valence-electron chi connectivity index (χ3n) is 4.95. The first-order valence-electron chi connectivity index (χ1n) is 8.78. The number of amides is 3. The molecule has 1 aromatic rings. The molecule has 0 saturated carbocycles. The van der Waals surface area contributed by atoms with Crippen molar-refractivity contribution in [3.63, 3.8) is 0 Å². The van der Waals surface area contributed by atoms with Gasteiger partial charge in [0.05, 0.1) is 31.1 Å². The Morgan fingerprint density at radius 1 is 1.19 bits per heavy atom. The van der Waals surface area contributed by atoms with Crippen LogP contribution in [-0.4, -0.2) is 75.4 Å². The van der Waals surface area contributed by atoms with Crippen LogP contribution in [0, 0.1) is 13.8 Å². The van der Waals surface area contributed by atoms with E-state index in [2.05, 4.69) is 5.32 Å². The summed E-state index contributed by atoms with van der Waals surface area (Å²) in [4.78, 5) is 26.4. The summed E-state index contributed by atoms with van der Waals surface area (Å²) in [5.74, 6) is -0.208. The van der Waals surface area contributed by atoms with Gasteiger partial charge in [0.1, 0.15) is 0 Å². The number of carbonyl (C=O) groups excluding carboxylic acids is 2. The van der Waals surface area contributed by atoms with E-state index >= 15 is 0 Å². The van der Waals surface area contributed by atoms with E-state index in [0.717, 1.165) is 16.0 Å². The summed E-state index contributed by atoms with van der Waals surface area (Å²) in [6.07, 6.45) is 0. The maximum absolute atomic E-state index is 12.9. The highest BCUT2D eigenvalue weighted by atomic mass is 32.2. The standard InChI is InChI=1S/C17H24N4O4S/c1-13-3-4-14(2)15(11-13)26(24,25)20-9-7-19(8-10-20)12-16(22)21-6-5-18-17(21)23/h3-4,11H,5-10,12H2,1-2H3,(H,18,23)/p+1. The fraction of sp³-hybridized carbons (Fsp3) is 0.529. The monoisotopic (exact) mass is 381 g/mol. The van der Waals surface area contributed by atoms with Crippen molar-refractivity contribution < 1.29 is 22.9 Å². The largest absolute Gasteiger partial charge is 0.336 e. The molecule has 1 aromatic carbocycles. The number of aryl methyl sites for hydroxylation is 2. The second-order valence-corrected chi connectivity index (χ2v) is 8.78. The summed E-state index contributed by atoms with van der Waals surface area (Å²) < 4.78 is 27.4. The van der Waals surface area contributed by atoms with E-state index in [1.165, 1.54) is 9.21 Å². The molecule has 0 atom stereocenters. The molecule has 0 unspecified atom stereocenters. The minimum atomic E-state index is -3.53. The van der Waals surface area contributed by atoms with Crippen molar-refractivity contribution in [2.24, 2.45) is 0 Å². The van der Waals surface area contributed by atoms with Crippen LogP contribution in [0.3, 0.4) is 0 Å². The number of nitrogens with one attached hydrogen (secondary N) is 2. The molecule has 3 amide bonds. The quantitative estimate of drug-likeness (QED) is 0.682. The fourth-order valence-electron chi connectivity index (χ4n) is 3.36. The minimum Gasteiger partial charge on any atom is -0.336 e. The van der Waals surface area contributed by atoms with Gasteiger partial charge in [0.15, 0.2) is 6.54 Å². The zero-order valence-corrected chi connectivity index (χ0v) is 15.9. The van der Waals surface area contributed by atoms with Crippen LogP contribution in [0.1, 0.15) is 11.1 Å². The van der Waals surface area contributed by atoms with Gasteiger partial charge in [0.2, 0.25) is 10.0 Å². The van der Waals surface area contributed by atoms with E-state index in [9.17, 15) is 18.0 Å². The first-order valence-corrected chi connectivity index (χ1v) is 10.2. The Balaban J connectivity index is 1.62. The molecule has 0 aromatic heterocycles. The van der Waals surface area contributed by atoms with E-state index in [-0.39, 0.29) is 18.5 Å². The number of imide groups is 1. The van der Waals surface area contributed by atoms with Crippen LogP contribution in [0.25, 0.3) is 0 Å². The lowest BCUT2D eigenvalue weighted by molar-refractivity contribution is -0.895. The molecule has 0 bridgehead atoms. The van der Waals surface area contributed by atoms with E-state index in [4.69, 9.17) is 0 Å². The van der Waals surface area contributed by atoms with Crippen molar-refractivity contribution in [2.45, 2.75) is 18.7 Å². The maximum Gasteiger partial charge on any atom is 0.324 e. The summed E-state index contributed by atoms with van der Waals surface area (Å²) in [6.45, 7) is 6.60. The van der Waals surface area contributed by atoms with Crippen LogP contribution in [0.5, 0.6) is 0 Å². The molecule has 2 N–H and O–H groups in total. The Labute approximate surface area is 153 Å². The third-order valence-corrected chi connectivity index (χ3v) is 6.99. The fourth-order valence-corrected chi connectivity index (χ4v) is 5.11. The lowest BCUT2D eigenvalue weighted by Crippen LogP contribution is -3.15. The first-order chi connectivity index (χ1) is 12.3. The molecular formula is C17H25N4O4S+. The lowest BCUT2D eigenvalue weighted by atomic mass is 10.2. The van der Waals surface area contributed by atoms with Crippen molar-refractivity contribution in [2.75, 3.05) is 45.8 Å². The highest BCUT2D eigenvalue weighted by Crippen LogP contribution is 2.21. The van der Waals surface area contributed by atoms with Gasteiger partial charge in [-0.1, -0.05) is 12.1 Å². The Kier molecular flexibility index (Phi) is 5.31. The predicted molar refractivity (Wildman–Crippen MR) is 95.4 cm³/mol. The highest BCUT2D eigenvalue weighted by Gasteiger charge is 2.34. The molecular weight excluding hydrogens is 356 g/mol. The molecule has 142 valence electrons. The Morgan fingerprint density at radius 3 is 2.50 bits per heavy atom. The summed E-state index contributed by atoms with van der Waals surface area (Å²) >= 11 is 0. The van der Waals surface area contributed by atoms with Crippen LogP contribution < -0.4 is 10.2 Å². The predicted octanol–water partition coefficient (Wildman–Crippen LogP) is -1.26. The van der Waals surface area contributed by atoms with Gasteiger partial charge in [-0.05, 0) is 31.0 Å². The maximum atomic E-state index is 12.9. The number of urea groups is 1. The highest BCUT2D eigenvalue weighted by molar-refractivity contribution is 7.89. The summed E-state index contributed by atoms with van der Waals surface area (Å²) in [5.41, 5.74) is 1.65. The number of nitrogens with zero attached hydrogens (tertiary/aromatic N) is 2. The van der Waals surface area contributed by atoms with Crippen LogP contribution in [-0.2, 0) is 14.8 Å². The van der Waals surface area contributed by atoms with E-state index in [0.29, 0.717) is 44.2 Å². The number of carbonyl (C=O) groups is 2. The molecule has 2 saturated heterocycles. The average molecular weight is 381 g/mol. The molecule has 0 spiro atoms. The van der Waals surface area contributed by atoms with Crippen molar-refractivity contribution in [1.82, 2.24) is 14.5 Å². The number of piperazine rings is 1. The summed E-state index contributed by atoms with van der Waals surface area (Å²) in [7, 11) is -3.53. The molecule has 2 aliphatic heterocycles. The number of sulfonamides is 1. The Morgan fingerprint density at radius 2 is 1.88 bits per heavy atom. The Hall–Kier alpha value is -1.97. The average Bonchev–Trinajstić information content (AvgIpc) is 3.03. The second kappa shape index (κ2) is 7.34. The molecule has 2 aliphatic rings. The Bertz CT molecular complexity index is 816. The van der Waals surface area contributed by atoms with Crippen molar-refractivity contribution >= 4 is 22.0 Å². The number of rotatable bonds is 4. The summed E-state index contributed by atoms with van der Waals surface area (Å²) in [6, 6.07) is 5.09. The topological polar surface area (TPSA) is 91.2 Å². The van der Waals surface area contributed by atoms with Gasteiger partial charge in [-0.2, -0.15) is 4.31 Å². The molecule has 0 radical (unpaired) electrons. The molecule has 8 nitrogen and oxygen atoms in total. The molecule has 2 heterocycles. The van der Waals surface area contributed by atoms with Gasteiger partial charge in [0.25, 0.3) is 5.91 Å². The van der Waals surface area contributed by atoms with Gasteiger partial charge in [-0.25, -0.2) is 13.2 Å². The second-order valence-electron chi connectivity index (χ2n) is 6.88. The van der Waals surface area contributed by atoms with Crippen LogP contribution in [0.2, 0.25) is 0 Å². The lowest BCUT2D eigenvalue weighted by Gasteiger charge is -2.32. The smallest absolute Gasteiger partial charge is 0.324 e. The molecule has 26 heavy (non-hydrogen) atoms. The van der Waals surface area contributed by atoms with Crippen molar-refractivity contribution in [1.29, 1.82) is 0 Å². The first kappa shape index (κ1) is 18.8. The SMILES string of the molecule is Cc1ccc(C)c(S(=O)(=O)N2CC[NH+](CC(=O)N3CCNC3=O)CC2)c1. The molecule has 2 fully saturated rings. The number of benzene rings is 1. The van der Waals surface area contributed by atoms with Gasteiger partial charge in [-0.15, -0.1) is 0 Å². The minimum absolute atomic E-state index is 0.208. The zero-order chi connectivity index (χ0) is 18.9. The van der Waals surface area contributed by atoms with Crippen molar-refractivity contribution in [3.8, 4) is 0 Å². The van der Waals surface area contributed by atoms with Crippen LogP contribution >= 0.6 is 0 Å². The van der Waals surface area contributed by atoms with Crippen LogP contribution in [0.4, 0.5) is 4.79 Å². The number of hydrogen-bond donors (Lipinski definition) is 2. The van der Waals surface area contributed by atoms with Gasteiger partial charge in [-0.3, -0.25) is 9.69 Å². The van der Waals surface area contributed by atoms with E-state index < -0.39 is 10.0 Å². The molecule has 0 aliphatic carbocycles. The van der Waals surface area contributed by atoms with Crippen molar-refractivity contribution in [3.05, 3.63) is 29.3 Å².